The Labute approximate surface area is 203 Å². The third-order valence-corrected chi connectivity index (χ3v) is 6.80. The molecule has 2 aliphatic heterocycles. The van der Waals surface area contributed by atoms with Crippen molar-refractivity contribution in [1.29, 1.82) is 0 Å². The van der Waals surface area contributed by atoms with Gasteiger partial charge in [-0.15, -0.1) is 0 Å². The first kappa shape index (κ1) is 22.7. The second kappa shape index (κ2) is 11.3. The lowest BCUT2D eigenvalue weighted by molar-refractivity contribution is 0.211. The van der Waals surface area contributed by atoms with Gasteiger partial charge in [0.25, 0.3) is 0 Å². The van der Waals surface area contributed by atoms with Crippen LogP contribution in [0.25, 0.3) is 0 Å². The highest BCUT2D eigenvalue weighted by atomic mass is 16.5. The first-order valence-electron chi connectivity index (χ1n) is 12.7. The van der Waals surface area contributed by atoms with Crippen LogP contribution in [-0.2, 0) is 6.54 Å². The predicted molar refractivity (Wildman–Crippen MR) is 138 cm³/mol. The van der Waals surface area contributed by atoms with Crippen LogP contribution in [0.15, 0.2) is 66.9 Å². The zero-order valence-corrected chi connectivity index (χ0v) is 19.9. The molecular formula is C28H35N5O. The van der Waals surface area contributed by atoms with Gasteiger partial charge in [-0.3, -0.25) is 4.90 Å². The maximum absolute atomic E-state index is 5.91. The fourth-order valence-electron chi connectivity index (χ4n) is 4.86. The Kier molecular flexibility index (Phi) is 7.56. The normalized spacial score (nSPS) is 17.8. The number of hydrogen-bond acceptors (Lipinski definition) is 6. The van der Waals surface area contributed by atoms with Crippen molar-refractivity contribution in [3.8, 4) is 11.5 Å². The number of nitrogens with one attached hydrogen (secondary N) is 1. The molecule has 2 aromatic carbocycles. The molecule has 5 rings (SSSR count). The van der Waals surface area contributed by atoms with Crippen LogP contribution in [-0.4, -0.2) is 47.1 Å². The lowest BCUT2D eigenvalue weighted by Gasteiger charge is -2.32. The van der Waals surface area contributed by atoms with Gasteiger partial charge in [0.15, 0.2) is 0 Å². The molecule has 2 saturated heterocycles. The van der Waals surface area contributed by atoms with E-state index in [4.69, 9.17) is 9.72 Å². The summed E-state index contributed by atoms with van der Waals surface area (Å²) in [5.41, 5.74) is 1.32. The van der Waals surface area contributed by atoms with E-state index in [-0.39, 0.29) is 0 Å². The first-order chi connectivity index (χ1) is 16.8. The fourth-order valence-corrected chi connectivity index (χ4v) is 4.86. The zero-order chi connectivity index (χ0) is 23.0. The van der Waals surface area contributed by atoms with Gasteiger partial charge in [0.05, 0.1) is 0 Å². The average Bonchev–Trinajstić information content (AvgIpc) is 3.17. The predicted octanol–water partition coefficient (Wildman–Crippen LogP) is 5.73. The van der Waals surface area contributed by atoms with Crippen LogP contribution in [0.3, 0.4) is 0 Å². The van der Waals surface area contributed by atoms with Crippen molar-refractivity contribution in [2.45, 2.75) is 51.1 Å². The molecular weight excluding hydrogens is 422 g/mol. The number of anilines is 2. The van der Waals surface area contributed by atoms with E-state index in [1.165, 1.54) is 31.2 Å². The quantitative estimate of drug-likeness (QED) is 0.489. The second-order valence-corrected chi connectivity index (χ2v) is 9.39. The van der Waals surface area contributed by atoms with Gasteiger partial charge < -0.3 is 15.0 Å². The molecule has 0 amide bonds. The number of para-hydroxylation sites is 1. The van der Waals surface area contributed by atoms with Crippen molar-refractivity contribution >= 4 is 11.8 Å². The van der Waals surface area contributed by atoms with E-state index in [1.807, 2.05) is 36.5 Å². The molecule has 6 heteroatoms. The molecule has 0 radical (unpaired) electrons. The van der Waals surface area contributed by atoms with Crippen LogP contribution in [0.5, 0.6) is 11.5 Å². The lowest BCUT2D eigenvalue weighted by atomic mass is 10.0. The van der Waals surface area contributed by atoms with Crippen molar-refractivity contribution in [3.05, 3.63) is 72.4 Å². The van der Waals surface area contributed by atoms with Gasteiger partial charge in [-0.25, -0.2) is 4.98 Å². The van der Waals surface area contributed by atoms with Gasteiger partial charge in [-0.1, -0.05) is 43.2 Å². The van der Waals surface area contributed by atoms with E-state index in [2.05, 4.69) is 50.4 Å². The zero-order valence-electron chi connectivity index (χ0n) is 19.9. The number of piperidine rings is 1. The molecule has 1 N–H and O–H groups in total. The van der Waals surface area contributed by atoms with Crippen molar-refractivity contribution in [3.63, 3.8) is 0 Å². The highest BCUT2D eigenvalue weighted by Gasteiger charge is 2.20. The number of rotatable bonds is 7. The van der Waals surface area contributed by atoms with Crippen molar-refractivity contribution < 1.29 is 4.74 Å². The number of nitrogens with zero attached hydrogens (tertiary/aromatic N) is 4. The summed E-state index contributed by atoms with van der Waals surface area (Å²) in [7, 11) is 0. The summed E-state index contributed by atoms with van der Waals surface area (Å²) in [6, 6.07) is 20.9. The van der Waals surface area contributed by atoms with Crippen molar-refractivity contribution in [2.75, 3.05) is 36.4 Å². The Morgan fingerprint density at radius 2 is 1.50 bits per heavy atom. The maximum Gasteiger partial charge on any atom is 0.224 e. The Bertz CT molecular complexity index is 1010. The van der Waals surface area contributed by atoms with Gasteiger partial charge in [0.2, 0.25) is 5.95 Å². The van der Waals surface area contributed by atoms with E-state index in [9.17, 15) is 0 Å². The SMILES string of the molecule is c1ccc(Oc2ccc(CN3CCC(Nc4nccc(N5CCCCCC5)n4)CC3)cc2)cc1. The Morgan fingerprint density at radius 3 is 2.24 bits per heavy atom. The Balaban J connectivity index is 1.09. The van der Waals surface area contributed by atoms with Crippen LogP contribution < -0.4 is 15.0 Å². The van der Waals surface area contributed by atoms with E-state index >= 15 is 0 Å². The lowest BCUT2D eigenvalue weighted by Crippen LogP contribution is -2.39. The first-order valence-corrected chi connectivity index (χ1v) is 12.7. The fraction of sp³-hybridized carbons (Fsp3) is 0.429. The largest absolute Gasteiger partial charge is 0.457 e. The number of likely N-dealkylation sites (tertiary alicyclic amines) is 1. The molecule has 0 spiro atoms. The minimum Gasteiger partial charge on any atom is -0.457 e. The number of benzene rings is 2. The summed E-state index contributed by atoms with van der Waals surface area (Å²) in [6.07, 6.45) is 9.28. The molecule has 6 nitrogen and oxygen atoms in total. The van der Waals surface area contributed by atoms with E-state index < -0.39 is 0 Å². The highest BCUT2D eigenvalue weighted by Crippen LogP contribution is 2.23. The van der Waals surface area contributed by atoms with Crippen LogP contribution in [0.1, 0.15) is 44.1 Å². The monoisotopic (exact) mass is 457 g/mol. The number of aromatic nitrogens is 2. The second-order valence-electron chi connectivity index (χ2n) is 9.39. The minimum atomic E-state index is 0.428. The third kappa shape index (κ3) is 6.26. The summed E-state index contributed by atoms with van der Waals surface area (Å²) in [5.74, 6) is 3.58. The molecule has 34 heavy (non-hydrogen) atoms. The third-order valence-electron chi connectivity index (χ3n) is 6.80. The van der Waals surface area contributed by atoms with Crippen molar-refractivity contribution in [2.24, 2.45) is 0 Å². The van der Waals surface area contributed by atoms with Crippen molar-refractivity contribution in [1.82, 2.24) is 14.9 Å². The molecule has 0 atom stereocenters. The topological polar surface area (TPSA) is 53.5 Å². The Morgan fingerprint density at radius 1 is 0.794 bits per heavy atom. The molecule has 3 aromatic rings. The molecule has 178 valence electrons. The van der Waals surface area contributed by atoms with E-state index in [0.29, 0.717) is 6.04 Å². The number of hydrogen-bond donors (Lipinski definition) is 1. The molecule has 0 bridgehead atoms. The molecule has 0 saturated carbocycles. The average molecular weight is 458 g/mol. The maximum atomic E-state index is 5.91. The van der Waals surface area contributed by atoms with Crippen LogP contribution in [0.2, 0.25) is 0 Å². The Hall–Kier alpha value is -3.12. The molecule has 0 unspecified atom stereocenters. The van der Waals surface area contributed by atoms with Crippen LogP contribution >= 0.6 is 0 Å². The van der Waals surface area contributed by atoms with Gasteiger partial charge >= 0.3 is 0 Å². The summed E-state index contributed by atoms with van der Waals surface area (Å²) in [6.45, 7) is 5.33. The molecule has 2 fully saturated rings. The van der Waals surface area contributed by atoms with Gasteiger partial charge in [-0.2, -0.15) is 4.98 Å². The summed E-state index contributed by atoms with van der Waals surface area (Å²) >= 11 is 0. The minimum absolute atomic E-state index is 0.428. The summed E-state index contributed by atoms with van der Waals surface area (Å²) in [5, 5.41) is 3.60. The highest BCUT2D eigenvalue weighted by molar-refractivity contribution is 5.43. The van der Waals surface area contributed by atoms with Gasteiger partial charge in [0.1, 0.15) is 17.3 Å². The standard InChI is InChI=1S/C28H35N5O/c1-2-7-19-33(18-6-1)27-14-17-29-28(31-27)30-24-15-20-32(21-16-24)22-23-10-12-26(13-11-23)34-25-8-4-3-5-9-25/h3-5,8-14,17,24H,1-2,6-7,15-16,18-22H2,(H,29,30,31). The summed E-state index contributed by atoms with van der Waals surface area (Å²) in [4.78, 5) is 14.3. The van der Waals surface area contributed by atoms with Gasteiger partial charge in [0, 0.05) is 45.0 Å². The number of ether oxygens (including phenoxy) is 1. The van der Waals surface area contributed by atoms with Crippen LogP contribution in [0, 0.1) is 0 Å². The molecule has 0 aliphatic carbocycles. The van der Waals surface area contributed by atoms with Gasteiger partial charge in [-0.05, 0) is 61.6 Å². The molecule has 1 aromatic heterocycles. The van der Waals surface area contributed by atoms with E-state index in [1.54, 1.807) is 0 Å². The molecule has 3 heterocycles. The molecule has 2 aliphatic rings. The smallest absolute Gasteiger partial charge is 0.224 e. The van der Waals surface area contributed by atoms with Crippen LogP contribution in [0.4, 0.5) is 11.8 Å². The van der Waals surface area contributed by atoms with E-state index in [0.717, 1.165) is 68.8 Å². The summed E-state index contributed by atoms with van der Waals surface area (Å²) < 4.78 is 5.91.